The lowest BCUT2D eigenvalue weighted by atomic mass is 10.3. The summed E-state index contributed by atoms with van der Waals surface area (Å²) in [5.41, 5.74) is 4.42. The number of aryl methyl sites for hydroxylation is 1. The van der Waals surface area contributed by atoms with Gasteiger partial charge in [-0.15, -0.1) is 0 Å². The maximum atomic E-state index is 12.6. The van der Waals surface area contributed by atoms with Gasteiger partial charge in [-0.3, -0.25) is 4.79 Å². The molecule has 0 radical (unpaired) electrons. The van der Waals surface area contributed by atoms with E-state index in [1.165, 1.54) is 6.20 Å². The molecule has 11 heteroatoms. The highest BCUT2D eigenvalue weighted by Crippen LogP contribution is 2.33. The van der Waals surface area contributed by atoms with Gasteiger partial charge in [0.25, 0.3) is 5.91 Å². The Labute approximate surface area is 130 Å². The molecule has 0 spiro atoms. The summed E-state index contributed by atoms with van der Waals surface area (Å²) in [6, 6.07) is 0. The molecular weight excluding hydrogens is 369 g/mol. The number of carbonyl (C=O) groups excluding carboxylic acids is 1. The number of anilines is 1. The van der Waals surface area contributed by atoms with Crippen LogP contribution in [0, 0.1) is 0 Å². The third kappa shape index (κ3) is 3.35. The van der Waals surface area contributed by atoms with Gasteiger partial charge in [0.2, 0.25) is 0 Å². The third-order valence-electron chi connectivity index (χ3n) is 2.71. The number of imidazole rings is 1. The first-order valence-corrected chi connectivity index (χ1v) is 6.63. The molecule has 7 nitrogen and oxygen atoms in total. The van der Waals surface area contributed by atoms with Gasteiger partial charge in [0, 0.05) is 13.2 Å². The molecule has 0 saturated carbocycles. The molecular formula is C11H10BrF3N6O. The number of rotatable bonds is 3. The summed E-state index contributed by atoms with van der Waals surface area (Å²) in [4.78, 5) is 22.6. The van der Waals surface area contributed by atoms with Crippen molar-refractivity contribution in [2.45, 2.75) is 12.7 Å². The zero-order valence-electron chi connectivity index (χ0n) is 11.1. The highest BCUT2D eigenvalue weighted by atomic mass is 79.9. The van der Waals surface area contributed by atoms with E-state index in [9.17, 15) is 18.0 Å². The lowest BCUT2D eigenvalue weighted by molar-refractivity contribution is -0.142. The van der Waals surface area contributed by atoms with Gasteiger partial charge in [-0.2, -0.15) is 13.2 Å². The van der Waals surface area contributed by atoms with E-state index in [2.05, 4.69) is 36.2 Å². The van der Waals surface area contributed by atoms with E-state index >= 15 is 0 Å². The van der Waals surface area contributed by atoms with Crippen LogP contribution in [0.1, 0.15) is 21.9 Å². The van der Waals surface area contributed by atoms with Crippen molar-refractivity contribution in [3.8, 4) is 0 Å². The second kappa shape index (κ2) is 5.91. The minimum absolute atomic E-state index is 0.120. The van der Waals surface area contributed by atoms with Gasteiger partial charge in [0.05, 0.1) is 18.6 Å². The molecule has 1 amide bonds. The van der Waals surface area contributed by atoms with Crippen molar-refractivity contribution < 1.29 is 18.0 Å². The van der Waals surface area contributed by atoms with Crippen molar-refractivity contribution in [1.29, 1.82) is 0 Å². The number of nitrogens with two attached hydrogens (primary N) is 1. The number of halogens is 4. The first-order valence-electron chi connectivity index (χ1n) is 5.83. The number of nitrogen functional groups attached to an aromatic ring is 1. The topological polar surface area (TPSA) is 98.7 Å². The second-order valence-electron chi connectivity index (χ2n) is 4.27. The molecule has 2 aromatic heterocycles. The second-order valence-corrected chi connectivity index (χ2v) is 5.02. The molecule has 0 aliphatic rings. The Morgan fingerprint density at radius 2 is 2.14 bits per heavy atom. The van der Waals surface area contributed by atoms with Crippen LogP contribution >= 0.6 is 15.9 Å². The van der Waals surface area contributed by atoms with Crippen LogP contribution in [0.2, 0.25) is 0 Å². The average Bonchev–Trinajstić information content (AvgIpc) is 2.82. The number of carbonyl (C=O) groups is 1. The number of hydrogen-bond donors (Lipinski definition) is 2. The predicted octanol–water partition coefficient (Wildman–Crippen LogP) is 1.50. The van der Waals surface area contributed by atoms with Gasteiger partial charge in [0.1, 0.15) is 4.60 Å². The summed E-state index contributed by atoms with van der Waals surface area (Å²) >= 11 is 2.64. The molecule has 2 rings (SSSR count). The molecule has 0 fully saturated rings. The summed E-state index contributed by atoms with van der Waals surface area (Å²) in [5.74, 6) is -1.33. The maximum absolute atomic E-state index is 12.6. The standard InChI is InChI=1S/C11H10BrF3N6O/c1-21-4-17-2-5(21)3-18-10(22)6-9(16)20-7(8(12)19-6)11(13,14)15/h2,4H,3H2,1H3,(H2,16,20)(H,18,22). The Bertz CT molecular complexity index is 714. The number of hydrogen-bond acceptors (Lipinski definition) is 5. The number of alkyl halides is 3. The van der Waals surface area contributed by atoms with Crippen LogP contribution in [0.15, 0.2) is 17.1 Å². The Morgan fingerprint density at radius 3 is 2.68 bits per heavy atom. The Hall–Kier alpha value is -2.17. The lowest BCUT2D eigenvalue weighted by Gasteiger charge is -2.11. The molecule has 0 atom stereocenters. The van der Waals surface area contributed by atoms with E-state index in [1.54, 1.807) is 17.9 Å². The summed E-state index contributed by atoms with van der Waals surface area (Å²) in [7, 11) is 1.73. The monoisotopic (exact) mass is 378 g/mol. The SMILES string of the molecule is Cn1cncc1CNC(=O)c1nc(Br)c(C(F)(F)F)nc1N. The van der Waals surface area contributed by atoms with Crippen LogP contribution < -0.4 is 11.1 Å². The summed E-state index contributed by atoms with van der Waals surface area (Å²) < 4.78 is 39.0. The molecule has 0 bridgehead atoms. The number of aromatic nitrogens is 4. The van der Waals surface area contributed by atoms with Crippen LogP contribution in [0.5, 0.6) is 0 Å². The molecule has 0 unspecified atom stereocenters. The Balaban J connectivity index is 2.20. The van der Waals surface area contributed by atoms with Crippen molar-refractivity contribution in [2.75, 3.05) is 5.73 Å². The molecule has 3 N–H and O–H groups in total. The summed E-state index contributed by atoms with van der Waals surface area (Å²) in [6.45, 7) is 0.120. The first-order chi connectivity index (χ1) is 10.2. The van der Waals surface area contributed by atoms with E-state index in [-0.39, 0.29) is 12.2 Å². The molecule has 0 saturated heterocycles. The van der Waals surface area contributed by atoms with Crippen molar-refractivity contribution >= 4 is 27.7 Å². The number of nitrogens with zero attached hydrogens (tertiary/aromatic N) is 4. The molecule has 2 heterocycles. The Morgan fingerprint density at radius 1 is 1.45 bits per heavy atom. The minimum Gasteiger partial charge on any atom is -0.382 e. The van der Waals surface area contributed by atoms with Gasteiger partial charge in [-0.1, -0.05) is 0 Å². The van der Waals surface area contributed by atoms with Crippen molar-refractivity contribution in [2.24, 2.45) is 7.05 Å². The molecule has 118 valence electrons. The van der Waals surface area contributed by atoms with Crippen molar-refractivity contribution in [3.05, 3.63) is 34.2 Å². The fourth-order valence-corrected chi connectivity index (χ4v) is 2.08. The fraction of sp³-hybridized carbons (Fsp3) is 0.273. The predicted molar refractivity (Wildman–Crippen MR) is 73.5 cm³/mol. The van der Waals surface area contributed by atoms with Gasteiger partial charge < -0.3 is 15.6 Å². The van der Waals surface area contributed by atoms with E-state index < -0.39 is 28.2 Å². The highest BCUT2D eigenvalue weighted by Gasteiger charge is 2.37. The smallest absolute Gasteiger partial charge is 0.382 e. The van der Waals surface area contributed by atoms with E-state index in [0.29, 0.717) is 5.69 Å². The van der Waals surface area contributed by atoms with E-state index in [1.807, 2.05) is 0 Å². The zero-order chi connectivity index (χ0) is 16.5. The maximum Gasteiger partial charge on any atom is 0.436 e. The largest absolute Gasteiger partial charge is 0.436 e. The number of nitrogens with one attached hydrogen (secondary N) is 1. The average molecular weight is 379 g/mol. The van der Waals surface area contributed by atoms with Crippen LogP contribution in [-0.4, -0.2) is 25.4 Å². The normalized spacial score (nSPS) is 11.5. The van der Waals surface area contributed by atoms with E-state index in [0.717, 1.165) is 0 Å². The molecule has 0 aromatic carbocycles. The summed E-state index contributed by atoms with van der Waals surface area (Å²) in [6.07, 6.45) is -1.63. The minimum atomic E-state index is -4.72. The Kier molecular flexibility index (Phi) is 4.35. The van der Waals surface area contributed by atoms with Crippen molar-refractivity contribution in [3.63, 3.8) is 0 Å². The highest BCUT2D eigenvalue weighted by molar-refractivity contribution is 9.10. The van der Waals surface area contributed by atoms with Crippen LogP contribution in [-0.2, 0) is 19.8 Å². The molecule has 2 aromatic rings. The van der Waals surface area contributed by atoms with Crippen molar-refractivity contribution in [1.82, 2.24) is 24.8 Å². The van der Waals surface area contributed by atoms with Gasteiger partial charge in [-0.25, -0.2) is 15.0 Å². The molecule has 22 heavy (non-hydrogen) atoms. The molecule has 0 aliphatic heterocycles. The fourth-order valence-electron chi connectivity index (χ4n) is 1.58. The van der Waals surface area contributed by atoms with Gasteiger partial charge in [0.15, 0.2) is 17.2 Å². The van der Waals surface area contributed by atoms with Gasteiger partial charge in [-0.05, 0) is 15.9 Å². The first kappa shape index (κ1) is 16.2. The van der Waals surface area contributed by atoms with Gasteiger partial charge >= 0.3 is 6.18 Å². The lowest BCUT2D eigenvalue weighted by Crippen LogP contribution is -2.27. The third-order valence-corrected chi connectivity index (χ3v) is 3.26. The van der Waals surface area contributed by atoms with E-state index in [4.69, 9.17) is 5.73 Å². The van der Waals surface area contributed by atoms with Crippen LogP contribution in [0.3, 0.4) is 0 Å². The number of amides is 1. The van der Waals surface area contributed by atoms with Crippen LogP contribution in [0.25, 0.3) is 0 Å². The zero-order valence-corrected chi connectivity index (χ0v) is 12.7. The molecule has 0 aliphatic carbocycles. The summed E-state index contributed by atoms with van der Waals surface area (Å²) in [5, 5.41) is 2.48. The van der Waals surface area contributed by atoms with Crippen LogP contribution in [0.4, 0.5) is 19.0 Å². The quantitative estimate of drug-likeness (QED) is 0.843.